The second-order valence-corrected chi connectivity index (χ2v) is 7.02. The summed E-state index contributed by atoms with van der Waals surface area (Å²) in [6.07, 6.45) is 0.304. The number of piperazine rings is 1. The number of ether oxygens (including phenoxy) is 2. The maximum atomic E-state index is 13.1. The number of amides is 1. The molecule has 2 aromatic carbocycles. The summed E-state index contributed by atoms with van der Waals surface area (Å²) in [4.78, 5) is 16.8. The zero-order valence-corrected chi connectivity index (χ0v) is 17.0. The molecule has 6 nitrogen and oxygen atoms in total. The zero-order chi connectivity index (χ0) is 20.6. The SMILES string of the molecule is COc1ccc(CC(=O)NCCN2CCN(c3ccc(F)cc3)CC2)cc1OC. The molecule has 0 atom stereocenters. The minimum Gasteiger partial charge on any atom is -0.493 e. The molecule has 29 heavy (non-hydrogen) atoms. The summed E-state index contributed by atoms with van der Waals surface area (Å²) in [6, 6.07) is 12.1. The maximum Gasteiger partial charge on any atom is 0.224 e. The zero-order valence-electron chi connectivity index (χ0n) is 17.0. The van der Waals surface area contributed by atoms with Gasteiger partial charge in [-0.05, 0) is 42.0 Å². The Morgan fingerprint density at radius 2 is 1.69 bits per heavy atom. The normalized spacial score (nSPS) is 14.5. The van der Waals surface area contributed by atoms with E-state index in [1.165, 1.54) is 12.1 Å². The van der Waals surface area contributed by atoms with Crippen molar-refractivity contribution >= 4 is 11.6 Å². The molecular formula is C22H28FN3O3. The maximum absolute atomic E-state index is 13.1. The van der Waals surface area contributed by atoms with Crippen molar-refractivity contribution in [1.29, 1.82) is 0 Å². The largest absolute Gasteiger partial charge is 0.493 e. The third kappa shape index (κ3) is 5.84. The Bertz CT molecular complexity index is 805. The quantitative estimate of drug-likeness (QED) is 0.736. The van der Waals surface area contributed by atoms with Crippen LogP contribution in [-0.2, 0) is 11.2 Å². The topological polar surface area (TPSA) is 54.0 Å². The molecule has 0 aliphatic carbocycles. The van der Waals surface area contributed by atoms with Crippen LogP contribution in [0.3, 0.4) is 0 Å². The number of methoxy groups -OCH3 is 2. The molecule has 1 fully saturated rings. The number of rotatable bonds is 8. The summed E-state index contributed by atoms with van der Waals surface area (Å²) in [6.45, 7) is 5.06. The van der Waals surface area contributed by atoms with Crippen LogP contribution in [0.15, 0.2) is 42.5 Å². The van der Waals surface area contributed by atoms with Crippen molar-refractivity contribution in [3.8, 4) is 11.5 Å². The van der Waals surface area contributed by atoms with Crippen molar-refractivity contribution in [1.82, 2.24) is 10.2 Å². The Hall–Kier alpha value is -2.80. The Labute approximate surface area is 171 Å². The Balaban J connectivity index is 1.38. The number of nitrogens with zero attached hydrogens (tertiary/aromatic N) is 2. The van der Waals surface area contributed by atoms with E-state index in [9.17, 15) is 9.18 Å². The monoisotopic (exact) mass is 401 g/mol. The number of benzene rings is 2. The molecule has 156 valence electrons. The number of carbonyl (C=O) groups is 1. The lowest BCUT2D eigenvalue weighted by Crippen LogP contribution is -2.48. The summed E-state index contributed by atoms with van der Waals surface area (Å²) in [5, 5.41) is 2.99. The Morgan fingerprint density at radius 1 is 1.00 bits per heavy atom. The van der Waals surface area contributed by atoms with Crippen LogP contribution in [0.2, 0.25) is 0 Å². The average molecular weight is 401 g/mol. The fourth-order valence-corrected chi connectivity index (χ4v) is 3.47. The van der Waals surface area contributed by atoms with Crippen LogP contribution in [-0.4, -0.2) is 64.3 Å². The van der Waals surface area contributed by atoms with Gasteiger partial charge in [-0.2, -0.15) is 0 Å². The molecule has 0 unspecified atom stereocenters. The van der Waals surface area contributed by atoms with E-state index in [2.05, 4.69) is 15.1 Å². The minimum absolute atomic E-state index is 0.0119. The van der Waals surface area contributed by atoms with E-state index in [1.807, 2.05) is 30.3 Å². The van der Waals surface area contributed by atoms with Gasteiger partial charge in [0.05, 0.1) is 20.6 Å². The molecule has 2 aromatic rings. The first kappa shape index (κ1) is 20.9. The van der Waals surface area contributed by atoms with Gasteiger partial charge in [-0.3, -0.25) is 9.69 Å². The van der Waals surface area contributed by atoms with Crippen LogP contribution in [0, 0.1) is 5.82 Å². The van der Waals surface area contributed by atoms with Crippen LogP contribution < -0.4 is 19.7 Å². The van der Waals surface area contributed by atoms with Crippen molar-refractivity contribution in [3.63, 3.8) is 0 Å². The molecule has 1 aliphatic heterocycles. The van der Waals surface area contributed by atoms with Gasteiger partial charge in [0, 0.05) is 45.0 Å². The molecule has 1 amide bonds. The highest BCUT2D eigenvalue weighted by Crippen LogP contribution is 2.27. The molecule has 0 aromatic heterocycles. The summed E-state index contributed by atoms with van der Waals surface area (Å²) in [5.74, 6) is 1.05. The molecule has 0 bridgehead atoms. The number of hydrogen-bond acceptors (Lipinski definition) is 5. The average Bonchev–Trinajstić information content (AvgIpc) is 2.74. The van der Waals surface area contributed by atoms with Gasteiger partial charge in [0.25, 0.3) is 0 Å². The third-order valence-electron chi connectivity index (χ3n) is 5.13. The van der Waals surface area contributed by atoms with Gasteiger partial charge in [-0.25, -0.2) is 4.39 Å². The van der Waals surface area contributed by atoms with Crippen molar-refractivity contribution in [2.45, 2.75) is 6.42 Å². The number of nitrogens with one attached hydrogen (secondary N) is 1. The molecule has 0 saturated carbocycles. The number of hydrogen-bond donors (Lipinski definition) is 1. The van der Waals surface area contributed by atoms with Gasteiger partial charge in [-0.1, -0.05) is 6.07 Å². The van der Waals surface area contributed by atoms with Gasteiger partial charge in [0.1, 0.15) is 5.82 Å². The van der Waals surface area contributed by atoms with Gasteiger partial charge in [-0.15, -0.1) is 0 Å². The van der Waals surface area contributed by atoms with Crippen LogP contribution in [0.5, 0.6) is 11.5 Å². The predicted octanol–water partition coefficient (Wildman–Crippen LogP) is 2.32. The Kier molecular flexibility index (Phi) is 7.30. The van der Waals surface area contributed by atoms with Crippen molar-refractivity contribution in [2.24, 2.45) is 0 Å². The van der Waals surface area contributed by atoms with E-state index >= 15 is 0 Å². The first-order valence-corrected chi connectivity index (χ1v) is 9.79. The fourth-order valence-electron chi connectivity index (χ4n) is 3.47. The van der Waals surface area contributed by atoms with Gasteiger partial charge >= 0.3 is 0 Å². The van der Waals surface area contributed by atoms with E-state index in [0.29, 0.717) is 24.5 Å². The summed E-state index contributed by atoms with van der Waals surface area (Å²) in [5.41, 5.74) is 1.93. The van der Waals surface area contributed by atoms with E-state index < -0.39 is 0 Å². The highest BCUT2D eigenvalue weighted by Gasteiger charge is 2.17. The van der Waals surface area contributed by atoms with Gasteiger partial charge < -0.3 is 19.7 Å². The molecule has 7 heteroatoms. The first-order chi connectivity index (χ1) is 14.1. The van der Waals surface area contributed by atoms with Crippen molar-refractivity contribution in [3.05, 3.63) is 53.8 Å². The lowest BCUT2D eigenvalue weighted by atomic mass is 10.1. The van der Waals surface area contributed by atoms with E-state index in [4.69, 9.17) is 9.47 Å². The molecule has 1 aliphatic rings. The van der Waals surface area contributed by atoms with Crippen LogP contribution >= 0.6 is 0 Å². The first-order valence-electron chi connectivity index (χ1n) is 9.79. The molecule has 3 rings (SSSR count). The third-order valence-corrected chi connectivity index (χ3v) is 5.13. The van der Waals surface area contributed by atoms with Crippen LogP contribution in [0.1, 0.15) is 5.56 Å². The second-order valence-electron chi connectivity index (χ2n) is 7.02. The highest BCUT2D eigenvalue weighted by atomic mass is 19.1. The number of halogens is 1. The van der Waals surface area contributed by atoms with E-state index in [0.717, 1.165) is 44.0 Å². The molecule has 1 saturated heterocycles. The van der Waals surface area contributed by atoms with E-state index in [1.54, 1.807) is 14.2 Å². The second kappa shape index (κ2) is 10.1. The predicted molar refractivity (Wildman–Crippen MR) is 111 cm³/mol. The standard InChI is InChI=1S/C22H28FN3O3/c1-28-20-8-3-17(15-21(20)29-2)16-22(27)24-9-10-25-11-13-26(14-12-25)19-6-4-18(23)5-7-19/h3-8,15H,9-14,16H2,1-2H3,(H,24,27). The molecule has 1 heterocycles. The molecule has 1 N–H and O–H groups in total. The molecule has 0 spiro atoms. The lowest BCUT2D eigenvalue weighted by molar-refractivity contribution is -0.120. The summed E-state index contributed by atoms with van der Waals surface area (Å²) < 4.78 is 23.6. The fraction of sp³-hybridized carbons (Fsp3) is 0.409. The van der Waals surface area contributed by atoms with Crippen LogP contribution in [0.25, 0.3) is 0 Å². The van der Waals surface area contributed by atoms with Crippen LogP contribution in [0.4, 0.5) is 10.1 Å². The van der Waals surface area contributed by atoms with E-state index in [-0.39, 0.29) is 11.7 Å². The smallest absolute Gasteiger partial charge is 0.224 e. The van der Waals surface area contributed by atoms with Crippen molar-refractivity contribution in [2.75, 3.05) is 58.4 Å². The summed E-state index contributed by atoms with van der Waals surface area (Å²) in [7, 11) is 3.17. The molecular weight excluding hydrogens is 373 g/mol. The van der Waals surface area contributed by atoms with Crippen molar-refractivity contribution < 1.29 is 18.7 Å². The number of anilines is 1. The number of carbonyl (C=O) groups excluding carboxylic acids is 1. The minimum atomic E-state index is -0.212. The summed E-state index contributed by atoms with van der Waals surface area (Å²) >= 11 is 0. The highest BCUT2D eigenvalue weighted by molar-refractivity contribution is 5.78. The van der Waals surface area contributed by atoms with Gasteiger partial charge in [0.2, 0.25) is 5.91 Å². The lowest BCUT2D eigenvalue weighted by Gasteiger charge is -2.36. The molecule has 0 radical (unpaired) electrons. The Morgan fingerprint density at radius 3 is 2.34 bits per heavy atom. The van der Waals surface area contributed by atoms with Gasteiger partial charge in [0.15, 0.2) is 11.5 Å².